The predicted octanol–water partition coefficient (Wildman–Crippen LogP) is 3.20. The van der Waals surface area contributed by atoms with Gasteiger partial charge in [0.25, 0.3) is 0 Å². The van der Waals surface area contributed by atoms with Crippen molar-refractivity contribution in [2.24, 2.45) is 0 Å². The average molecular weight is 257 g/mol. The van der Waals surface area contributed by atoms with Crippen LogP contribution in [0.3, 0.4) is 0 Å². The molecule has 0 bridgehead atoms. The van der Waals surface area contributed by atoms with Crippen molar-refractivity contribution < 1.29 is 9.84 Å². The van der Waals surface area contributed by atoms with Gasteiger partial charge in [-0.3, -0.25) is 0 Å². The summed E-state index contributed by atoms with van der Waals surface area (Å²) in [6.45, 7) is 0. The number of phenols is 1. The van der Waals surface area contributed by atoms with Crippen molar-refractivity contribution in [3.8, 4) is 11.5 Å². The Labute approximate surface area is 92.3 Å². The molecule has 0 heterocycles. The van der Waals surface area contributed by atoms with Crippen molar-refractivity contribution >= 4 is 22.0 Å². The van der Waals surface area contributed by atoms with Crippen molar-refractivity contribution in [2.75, 3.05) is 12.4 Å². The first-order valence-corrected chi connectivity index (χ1v) is 5.49. The van der Waals surface area contributed by atoms with Crippen LogP contribution in [0.15, 0.2) is 24.3 Å². The zero-order valence-corrected chi connectivity index (χ0v) is 9.62. The molecular weight excluding hydrogens is 244 g/mol. The van der Waals surface area contributed by atoms with Gasteiger partial charge in [0.15, 0.2) is 11.5 Å². The Morgan fingerprint density at radius 2 is 2.29 bits per heavy atom. The number of hydrogen-bond donors (Lipinski definition) is 1. The van der Waals surface area contributed by atoms with Crippen molar-refractivity contribution in [3.05, 3.63) is 29.8 Å². The van der Waals surface area contributed by atoms with E-state index in [1.165, 1.54) is 7.11 Å². The normalized spacial score (nSPS) is 10.7. The monoisotopic (exact) mass is 256 g/mol. The van der Waals surface area contributed by atoms with Crippen molar-refractivity contribution in [3.63, 3.8) is 0 Å². The number of benzene rings is 1. The van der Waals surface area contributed by atoms with Crippen molar-refractivity contribution in [1.29, 1.82) is 0 Å². The van der Waals surface area contributed by atoms with Gasteiger partial charge in [-0.25, -0.2) is 0 Å². The number of alkyl halides is 1. The fraction of sp³-hybridized carbons (Fsp3) is 0.273. The minimum absolute atomic E-state index is 0.175. The highest BCUT2D eigenvalue weighted by molar-refractivity contribution is 9.09. The van der Waals surface area contributed by atoms with Gasteiger partial charge in [0.2, 0.25) is 0 Å². The number of aromatic hydroxyl groups is 1. The van der Waals surface area contributed by atoms with Crippen LogP contribution in [0.2, 0.25) is 0 Å². The summed E-state index contributed by atoms with van der Waals surface area (Å²) in [5.74, 6) is 0.677. The molecule has 0 amide bonds. The third-order valence-corrected chi connectivity index (χ3v) is 2.25. The summed E-state index contributed by atoms with van der Waals surface area (Å²) in [5.41, 5.74) is 0.976. The second kappa shape index (κ2) is 5.70. The van der Waals surface area contributed by atoms with Crippen LogP contribution in [0.1, 0.15) is 12.0 Å². The summed E-state index contributed by atoms with van der Waals surface area (Å²) < 4.78 is 4.94. The molecule has 0 atom stereocenters. The van der Waals surface area contributed by atoms with Crippen LogP contribution < -0.4 is 4.74 Å². The summed E-state index contributed by atoms with van der Waals surface area (Å²) in [6.07, 6.45) is 5.00. The van der Waals surface area contributed by atoms with E-state index in [-0.39, 0.29) is 5.75 Å². The van der Waals surface area contributed by atoms with Crippen LogP contribution in [-0.2, 0) is 0 Å². The molecule has 2 nitrogen and oxygen atoms in total. The number of ether oxygens (including phenoxy) is 1. The van der Waals surface area contributed by atoms with Gasteiger partial charge >= 0.3 is 0 Å². The summed E-state index contributed by atoms with van der Waals surface area (Å²) in [6, 6.07) is 5.34. The molecule has 1 aromatic carbocycles. The molecule has 0 unspecified atom stereocenters. The van der Waals surface area contributed by atoms with Gasteiger partial charge < -0.3 is 9.84 Å². The van der Waals surface area contributed by atoms with E-state index in [1.807, 2.05) is 12.1 Å². The molecule has 1 aromatic rings. The van der Waals surface area contributed by atoms with Crippen molar-refractivity contribution in [1.82, 2.24) is 0 Å². The second-order valence-electron chi connectivity index (χ2n) is 2.81. The van der Waals surface area contributed by atoms with Gasteiger partial charge in [-0.1, -0.05) is 34.1 Å². The number of allylic oxidation sites excluding steroid dienone is 1. The van der Waals surface area contributed by atoms with Gasteiger partial charge in [0.05, 0.1) is 7.11 Å². The Balaban J connectivity index is 2.76. The molecule has 0 saturated heterocycles. The lowest BCUT2D eigenvalue weighted by Crippen LogP contribution is -1.83. The summed E-state index contributed by atoms with van der Waals surface area (Å²) in [5, 5.41) is 10.4. The van der Waals surface area contributed by atoms with Crippen LogP contribution in [-0.4, -0.2) is 17.5 Å². The van der Waals surface area contributed by atoms with Crippen LogP contribution in [0.25, 0.3) is 6.08 Å². The Kier molecular flexibility index (Phi) is 4.53. The highest BCUT2D eigenvalue weighted by atomic mass is 79.9. The molecule has 0 aromatic heterocycles. The van der Waals surface area contributed by atoms with Gasteiger partial charge in [-0.15, -0.1) is 0 Å². The molecular formula is C11H13BrO2. The third-order valence-electron chi connectivity index (χ3n) is 1.79. The standard InChI is InChI=1S/C11H13BrO2/c1-14-11-6-5-9(8-10(11)13)4-2-3-7-12/h2,4-6,8,13H,3,7H2,1H3. The van der Waals surface area contributed by atoms with E-state index < -0.39 is 0 Å². The molecule has 0 aliphatic heterocycles. The van der Waals surface area contributed by atoms with E-state index in [2.05, 4.69) is 22.0 Å². The first-order valence-electron chi connectivity index (χ1n) is 4.37. The maximum Gasteiger partial charge on any atom is 0.160 e. The van der Waals surface area contributed by atoms with Gasteiger partial charge in [0, 0.05) is 5.33 Å². The smallest absolute Gasteiger partial charge is 0.160 e. The maximum atomic E-state index is 9.48. The first kappa shape index (κ1) is 11.1. The molecule has 0 fully saturated rings. The lowest BCUT2D eigenvalue weighted by Gasteiger charge is -2.03. The molecule has 14 heavy (non-hydrogen) atoms. The van der Waals surface area contributed by atoms with Gasteiger partial charge in [0.1, 0.15) is 0 Å². The van der Waals surface area contributed by atoms with E-state index >= 15 is 0 Å². The SMILES string of the molecule is COc1ccc(C=CCCBr)cc1O. The largest absolute Gasteiger partial charge is 0.504 e. The number of hydrogen-bond acceptors (Lipinski definition) is 2. The lowest BCUT2D eigenvalue weighted by molar-refractivity contribution is 0.373. The Morgan fingerprint density at radius 1 is 1.50 bits per heavy atom. The molecule has 1 N–H and O–H groups in total. The maximum absolute atomic E-state index is 9.48. The minimum atomic E-state index is 0.175. The molecule has 0 radical (unpaired) electrons. The van der Waals surface area contributed by atoms with Crippen molar-refractivity contribution in [2.45, 2.75) is 6.42 Å². The minimum Gasteiger partial charge on any atom is -0.504 e. The number of methoxy groups -OCH3 is 1. The quantitative estimate of drug-likeness (QED) is 0.839. The van der Waals surface area contributed by atoms with Crippen LogP contribution in [0, 0.1) is 0 Å². The molecule has 3 heteroatoms. The average Bonchev–Trinajstić information content (AvgIpc) is 2.18. The zero-order valence-electron chi connectivity index (χ0n) is 8.03. The summed E-state index contributed by atoms with van der Waals surface area (Å²) >= 11 is 3.34. The molecule has 1 rings (SSSR count). The van der Waals surface area contributed by atoms with Gasteiger partial charge in [-0.2, -0.15) is 0 Å². The van der Waals surface area contributed by atoms with E-state index in [0.717, 1.165) is 17.3 Å². The first-order chi connectivity index (χ1) is 6.77. The highest BCUT2D eigenvalue weighted by Crippen LogP contribution is 2.26. The van der Waals surface area contributed by atoms with Crippen LogP contribution in [0.5, 0.6) is 11.5 Å². The fourth-order valence-electron chi connectivity index (χ4n) is 1.09. The van der Waals surface area contributed by atoms with E-state index in [0.29, 0.717) is 5.75 Å². The third kappa shape index (κ3) is 3.07. The van der Waals surface area contributed by atoms with Crippen LogP contribution in [0.4, 0.5) is 0 Å². The lowest BCUT2D eigenvalue weighted by atomic mass is 10.2. The fourth-order valence-corrected chi connectivity index (χ4v) is 1.36. The van der Waals surface area contributed by atoms with Crippen LogP contribution >= 0.6 is 15.9 Å². The number of rotatable bonds is 4. The Bertz CT molecular complexity index is 321. The van der Waals surface area contributed by atoms with Gasteiger partial charge in [-0.05, 0) is 24.1 Å². The zero-order chi connectivity index (χ0) is 10.4. The molecule has 0 saturated carbocycles. The topological polar surface area (TPSA) is 29.5 Å². The second-order valence-corrected chi connectivity index (χ2v) is 3.60. The Morgan fingerprint density at radius 3 is 2.86 bits per heavy atom. The summed E-state index contributed by atoms with van der Waals surface area (Å²) in [4.78, 5) is 0. The van der Waals surface area contributed by atoms with E-state index in [4.69, 9.17) is 4.74 Å². The summed E-state index contributed by atoms with van der Waals surface area (Å²) in [7, 11) is 1.54. The molecule has 0 spiro atoms. The predicted molar refractivity (Wildman–Crippen MR) is 62.1 cm³/mol. The molecule has 0 aliphatic carbocycles. The highest BCUT2D eigenvalue weighted by Gasteiger charge is 1.99. The number of phenolic OH excluding ortho intramolecular Hbond substituents is 1. The number of halogens is 1. The Hall–Kier alpha value is -0.960. The molecule has 0 aliphatic rings. The molecule has 76 valence electrons. The van der Waals surface area contributed by atoms with E-state index in [9.17, 15) is 5.11 Å². The van der Waals surface area contributed by atoms with E-state index in [1.54, 1.807) is 12.1 Å².